The van der Waals surface area contributed by atoms with Crippen LogP contribution in [-0.2, 0) is 6.54 Å². The zero-order valence-electron chi connectivity index (χ0n) is 10.1. The fourth-order valence-corrected chi connectivity index (χ4v) is 3.51. The lowest BCUT2D eigenvalue weighted by atomic mass is 9.97. The molecule has 1 fully saturated rings. The molecule has 0 spiro atoms. The van der Waals surface area contributed by atoms with Crippen LogP contribution >= 0.6 is 39.7 Å². The summed E-state index contributed by atoms with van der Waals surface area (Å²) in [5.41, 5.74) is 1.42. The number of halogens is 2. The van der Waals surface area contributed by atoms with Crippen LogP contribution in [-0.4, -0.2) is 31.6 Å². The minimum atomic E-state index is 0. The molecule has 1 aliphatic heterocycles. The summed E-state index contributed by atoms with van der Waals surface area (Å²) < 4.78 is 1.23. The van der Waals surface area contributed by atoms with Gasteiger partial charge in [0.25, 0.3) is 0 Å². The molecule has 1 aliphatic rings. The van der Waals surface area contributed by atoms with Crippen LogP contribution in [0.15, 0.2) is 15.2 Å². The van der Waals surface area contributed by atoms with E-state index in [-0.39, 0.29) is 12.4 Å². The number of thiophene rings is 1. The summed E-state index contributed by atoms with van der Waals surface area (Å²) in [4.78, 5) is 2.45. The van der Waals surface area contributed by atoms with Crippen molar-refractivity contribution < 1.29 is 0 Å². The molecule has 1 aromatic rings. The number of nitrogens with zero attached hydrogens (tertiary/aromatic N) is 1. The third kappa shape index (κ3) is 5.26. The molecular weight excluding hydrogens is 320 g/mol. The molecule has 0 unspecified atom stereocenters. The van der Waals surface area contributed by atoms with Gasteiger partial charge in [-0.25, -0.2) is 0 Å². The molecule has 17 heavy (non-hydrogen) atoms. The third-order valence-corrected chi connectivity index (χ3v) is 4.66. The van der Waals surface area contributed by atoms with Gasteiger partial charge in [0.15, 0.2) is 0 Å². The maximum atomic E-state index is 3.51. The van der Waals surface area contributed by atoms with Crippen LogP contribution in [0.1, 0.15) is 18.4 Å². The SMILES string of the molecule is CN(Cc1csc(Br)c1)CC1CCNCC1.Cl. The molecular formula is C12H20BrClN2S. The van der Waals surface area contributed by atoms with Crippen molar-refractivity contribution in [2.45, 2.75) is 19.4 Å². The molecule has 1 aromatic heterocycles. The predicted octanol–water partition coefficient (Wildman–Crippen LogP) is 3.36. The number of hydrogen-bond acceptors (Lipinski definition) is 3. The third-order valence-electron chi connectivity index (χ3n) is 3.10. The van der Waals surface area contributed by atoms with Crippen LogP contribution in [0.5, 0.6) is 0 Å². The van der Waals surface area contributed by atoms with Crippen LogP contribution in [0.4, 0.5) is 0 Å². The second kappa shape index (κ2) is 7.74. The number of rotatable bonds is 4. The van der Waals surface area contributed by atoms with Crippen LogP contribution in [0.2, 0.25) is 0 Å². The van der Waals surface area contributed by atoms with Gasteiger partial charge in [-0.2, -0.15) is 0 Å². The van der Waals surface area contributed by atoms with Gasteiger partial charge in [-0.05, 0) is 71.8 Å². The molecule has 2 rings (SSSR count). The van der Waals surface area contributed by atoms with Gasteiger partial charge < -0.3 is 10.2 Å². The highest BCUT2D eigenvalue weighted by Crippen LogP contribution is 2.22. The summed E-state index contributed by atoms with van der Waals surface area (Å²) in [6.07, 6.45) is 2.66. The van der Waals surface area contributed by atoms with Crippen molar-refractivity contribution in [2.75, 3.05) is 26.7 Å². The largest absolute Gasteiger partial charge is 0.317 e. The molecule has 5 heteroatoms. The van der Waals surface area contributed by atoms with E-state index in [0.717, 1.165) is 12.5 Å². The Labute approximate surface area is 122 Å². The van der Waals surface area contributed by atoms with E-state index < -0.39 is 0 Å². The second-order valence-corrected chi connectivity index (χ2v) is 6.94. The summed E-state index contributed by atoms with van der Waals surface area (Å²) >= 11 is 5.28. The lowest BCUT2D eigenvalue weighted by Gasteiger charge is -2.27. The summed E-state index contributed by atoms with van der Waals surface area (Å²) in [5, 5.41) is 5.66. The first kappa shape index (κ1) is 15.4. The van der Waals surface area contributed by atoms with Crippen LogP contribution < -0.4 is 5.32 Å². The lowest BCUT2D eigenvalue weighted by Crippen LogP contribution is -2.34. The fraction of sp³-hybridized carbons (Fsp3) is 0.667. The molecule has 1 N–H and O–H groups in total. The van der Waals surface area contributed by atoms with Crippen molar-refractivity contribution in [1.29, 1.82) is 0 Å². The molecule has 1 saturated heterocycles. The zero-order chi connectivity index (χ0) is 11.4. The topological polar surface area (TPSA) is 15.3 Å². The minimum absolute atomic E-state index is 0. The Bertz CT molecular complexity index is 326. The molecule has 98 valence electrons. The Morgan fingerprint density at radius 2 is 2.18 bits per heavy atom. The number of hydrogen-bond donors (Lipinski definition) is 1. The summed E-state index contributed by atoms with van der Waals surface area (Å²) in [6.45, 7) is 4.70. The Hall–Kier alpha value is 0.390. The van der Waals surface area contributed by atoms with Crippen molar-refractivity contribution in [1.82, 2.24) is 10.2 Å². The molecule has 0 saturated carbocycles. The molecule has 2 heterocycles. The summed E-state index contributed by atoms with van der Waals surface area (Å²) in [7, 11) is 2.23. The van der Waals surface area contributed by atoms with Gasteiger partial charge in [-0.15, -0.1) is 23.7 Å². The van der Waals surface area contributed by atoms with E-state index in [2.05, 4.69) is 44.6 Å². The normalized spacial score (nSPS) is 17.1. The standard InChI is InChI=1S/C12H19BrN2S.ClH/c1-15(7-10-2-4-14-5-3-10)8-11-6-12(13)16-9-11;/h6,9-10,14H,2-5,7-8H2,1H3;1H. The highest BCUT2D eigenvalue weighted by Gasteiger charge is 2.15. The van der Waals surface area contributed by atoms with Gasteiger partial charge in [0.05, 0.1) is 3.79 Å². The Morgan fingerprint density at radius 3 is 2.76 bits per heavy atom. The van der Waals surface area contributed by atoms with E-state index in [1.54, 1.807) is 11.3 Å². The van der Waals surface area contributed by atoms with Gasteiger partial charge in [-0.1, -0.05) is 0 Å². The first-order valence-electron chi connectivity index (χ1n) is 5.86. The smallest absolute Gasteiger partial charge is 0.0701 e. The maximum Gasteiger partial charge on any atom is 0.0701 e. The van der Waals surface area contributed by atoms with Gasteiger partial charge in [0.2, 0.25) is 0 Å². The van der Waals surface area contributed by atoms with Crippen LogP contribution in [0.25, 0.3) is 0 Å². The Kier molecular flexibility index (Phi) is 7.04. The monoisotopic (exact) mass is 338 g/mol. The van der Waals surface area contributed by atoms with Gasteiger partial charge in [0, 0.05) is 13.1 Å². The Balaban J connectivity index is 0.00000144. The van der Waals surface area contributed by atoms with Gasteiger partial charge in [-0.3, -0.25) is 0 Å². The second-order valence-electron chi connectivity index (χ2n) is 4.65. The average molecular weight is 340 g/mol. The van der Waals surface area contributed by atoms with Crippen molar-refractivity contribution >= 4 is 39.7 Å². The van der Waals surface area contributed by atoms with Crippen molar-refractivity contribution in [3.63, 3.8) is 0 Å². The summed E-state index contributed by atoms with van der Waals surface area (Å²) in [6, 6.07) is 2.23. The van der Waals surface area contributed by atoms with Crippen molar-refractivity contribution in [3.8, 4) is 0 Å². The van der Waals surface area contributed by atoms with Crippen LogP contribution in [0, 0.1) is 5.92 Å². The maximum absolute atomic E-state index is 3.51. The van der Waals surface area contributed by atoms with E-state index >= 15 is 0 Å². The van der Waals surface area contributed by atoms with E-state index in [0.29, 0.717) is 0 Å². The minimum Gasteiger partial charge on any atom is -0.317 e. The van der Waals surface area contributed by atoms with Crippen LogP contribution in [0.3, 0.4) is 0 Å². The van der Waals surface area contributed by atoms with E-state index in [1.807, 2.05) is 0 Å². The van der Waals surface area contributed by atoms with Crippen molar-refractivity contribution in [3.05, 3.63) is 20.8 Å². The molecule has 0 aromatic carbocycles. The quantitative estimate of drug-likeness (QED) is 0.905. The lowest BCUT2D eigenvalue weighted by molar-refractivity contribution is 0.235. The van der Waals surface area contributed by atoms with Gasteiger partial charge in [0.1, 0.15) is 0 Å². The van der Waals surface area contributed by atoms with Crippen molar-refractivity contribution in [2.24, 2.45) is 5.92 Å². The first-order valence-corrected chi connectivity index (χ1v) is 7.53. The number of nitrogens with one attached hydrogen (secondary N) is 1. The number of piperidine rings is 1. The molecule has 2 nitrogen and oxygen atoms in total. The van der Waals surface area contributed by atoms with E-state index in [4.69, 9.17) is 0 Å². The molecule has 0 amide bonds. The average Bonchev–Trinajstić information content (AvgIpc) is 2.65. The molecule has 0 bridgehead atoms. The molecule has 0 atom stereocenters. The Morgan fingerprint density at radius 1 is 1.47 bits per heavy atom. The van der Waals surface area contributed by atoms with Gasteiger partial charge >= 0.3 is 0 Å². The molecule has 0 aliphatic carbocycles. The summed E-state index contributed by atoms with van der Waals surface area (Å²) in [5.74, 6) is 0.883. The van der Waals surface area contributed by atoms with E-state index in [1.165, 1.54) is 41.8 Å². The highest BCUT2D eigenvalue weighted by molar-refractivity contribution is 9.11. The predicted molar refractivity (Wildman–Crippen MR) is 81.2 cm³/mol. The first-order chi connectivity index (χ1) is 7.74. The molecule has 0 radical (unpaired) electrons. The fourth-order valence-electron chi connectivity index (χ4n) is 2.31. The zero-order valence-corrected chi connectivity index (χ0v) is 13.3. The highest BCUT2D eigenvalue weighted by atomic mass is 79.9. The van der Waals surface area contributed by atoms with E-state index in [9.17, 15) is 0 Å².